The van der Waals surface area contributed by atoms with Crippen LogP contribution in [0.3, 0.4) is 0 Å². The third kappa shape index (κ3) is 4.02. The molecule has 0 radical (unpaired) electrons. The van der Waals surface area contributed by atoms with Crippen LogP contribution in [0.4, 0.5) is 5.69 Å². The van der Waals surface area contributed by atoms with Crippen molar-refractivity contribution in [3.63, 3.8) is 0 Å². The smallest absolute Gasteiger partial charge is 0.238 e. The van der Waals surface area contributed by atoms with E-state index in [1.54, 1.807) is 0 Å². The van der Waals surface area contributed by atoms with Crippen LogP contribution in [0.15, 0.2) is 27.1 Å². The minimum atomic E-state index is -0.0524. The molecule has 1 aliphatic rings. The summed E-state index contributed by atoms with van der Waals surface area (Å²) in [6.07, 6.45) is 2.01. The number of likely N-dealkylation sites (tertiary alicyclic amines) is 1. The molecule has 6 heteroatoms. The maximum Gasteiger partial charge on any atom is 0.238 e. The van der Waals surface area contributed by atoms with Gasteiger partial charge in [-0.15, -0.1) is 0 Å². The summed E-state index contributed by atoms with van der Waals surface area (Å²) in [5.41, 5.74) is 0.757. The number of amides is 1. The van der Waals surface area contributed by atoms with Gasteiger partial charge in [0.25, 0.3) is 0 Å². The van der Waals surface area contributed by atoms with E-state index in [4.69, 9.17) is 0 Å². The number of carbonyl (C=O) groups is 1. The molecule has 1 amide bonds. The maximum atomic E-state index is 12.0. The first-order chi connectivity index (χ1) is 9.10. The molecule has 1 fully saturated rings. The van der Waals surface area contributed by atoms with Crippen molar-refractivity contribution >= 4 is 43.5 Å². The van der Waals surface area contributed by atoms with Crippen molar-refractivity contribution < 1.29 is 9.90 Å². The number of aliphatic hydroxyl groups excluding tert-OH is 1. The number of hydrogen-bond acceptors (Lipinski definition) is 3. The Hall–Kier alpha value is -0.430. The van der Waals surface area contributed by atoms with Crippen LogP contribution in [0, 0.1) is 0 Å². The number of carbonyl (C=O) groups excluding carboxylic acids is 1. The molecule has 0 bridgehead atoms. The van der Waals surface area contributed by atoms with Gasteiger partial charge in [0.2, 0.25) is 5.91 Å². The fourth-order valence-corrected chi connectivity index (χ4v) is 3.42. The van der Waals surface area contributed by atoms with E-state index in [9.17, 15) is 9.90 Å². The SMILES string of the molecule is O=C(CN1CCC[C@@H]1CO)Nc1ccc(Br)cc1Br. The Kier molecular flexibility index (Phi) is 5.38. The Balaban J connectivity index is 1.94. The summed E-state index contributed by atoms with van der Waals surface area (Å²) in [6.45, 7) is 1.32. The van der Waals surface area contributed by atoms with Crippen molar-refractivity contribution in [3.05, 3.63) is 27.1 Å². The van der Waals surface area contributed by atoms with Crippen LogP contribution < -0.4 is 5.32 Å². The quantitative estimate of drug-likeness (QED) is 0.829. The Morgan fingerprint density at radius 2 is 2.26 bits per heavy atom. The first-order valence-electron chi connectivity index (χ1n) is 6.20. The van der Waals surface area contributed by atoms with Crippen LogP contribution in [0.1, 0.15) is 12.8 Å². The number of anilines is 1. The Morgan fingerprint density at radius 3 is 2.95 bits per heavy atom. The second kappa shape index (κ2) is 6.83. The highest BCUT2D eigenvalue weighted by molar-refractivity contribution is 9.11. The first kappa shape index (κ1) is 15.0. The maximum absolute atomic E-state index is 12.0. The lowest BCUT2D eigenvalue weighted by Gasteiger charge is -2.22. The molecule has 0 unspecified atom stereocenters. The van der Waals surface area contributed by atoms with Gasteiger partial charge in [0.1, 0.15) is 0 Å². The Labute approximate surface area is 129 Å². The van der Waals surface area contributed by atoms with E-state index < -0.39 is 0 Å². The van der Waals surface area contributed by atoms with Crippen molar-refractivity contribution in [2.24, 2.45) is 0 Å². The standard InChI is InChI=1S/C13H16Br2N2O2/c14-9-3-4-12(11(15)6-9)16-13(19)7-17-5-1-2-10(17)8-18/h3-4,6,10,18H,1-2,5,7-8H2,(H,16,19)/t10-/m1/s1. The molecule has 1 aliphatic heterocycles. The number of rotatable bonds is 4. The summed E-state index contributed by atoms with van der Waals surface area (Å²) in [5.74, 6) is -0.0524. The second-order valence-electron chi connectivity index (χ2n) is 4.62. The summed E-state index contributed by atoms with van der Waals surface area (Å²) in [6, 6.07) is 5.74. The largest absolute Gasteiger partial charge is 0.395 e. The second-order valence-corrected chi connectivity index (χ2v) is 6.39. The summed E-state index contributed by atoms with van der Waals surface area (Å²) < 4.78 is 1.80. The minimum Gasteiger partial charge on any atom is -0.395 e. The first-order valence-corrected chi connectivity index (χ1v) is 7.78. The molecule has 0 aromatic heterocycles. The number of benzene rings is 1. The van der Waals surface area contributed by atoms with E-state index in [1.807, 2.05) is 23.1 Å². The van der Waals surface area contributed by atoms with Crippen molar-refractivity contribution in [2.45, 2.75) is 18.9 Å². The topological polar surface area (TPSA) is 52.6 Å². The van der Waals surface area contributed by atoms with Crippen LogP contribution in [-0.4, -0.2) is 41.7 Å². The van der Waals surface area contributed by atoms with Gasteiger partial charge in [0, 0.05) is 15.0 Å². The fraction of sp³-hybridized carbons (Fsp3) is 0.462. The third-order valence-corrected chi connectivity index (χ3v) is 4.41. The average molecular weight is 392 g/mol. The summed E-state index contributed by atoms with van der Waals surface area (Å²) in [7, 11) is 0. The van der Waals surface area contributed by atoms with Crippen LogP contribution in [-0.2, 0) is 4.79 Å². The van der Waals surface area contributed by atoms with Crippen molar-refractivity contribution in [1.82, 2.24) is 4.90 Å². The van der Waals surface area contributed by atoms with Gasteiger partial charge < -0.3 is 10.4 Å². The zero-order chi connectivity index (χ0) is 13.8. The fourth-order valence-electron chi connectivity index (χ4n) is 2.28. The van der Waals surface area contributed by atoms with Gasteiger partial charge in [0.15, 0.2) is 0 Å². The van der Waals surface area contributed by atoms with Gasteiger partial charge in [-0.25, -0.2) is 0 Å². The van der Waals surface area contributed by atoms with Gasteiger partial charge in [0.05, 0.1) is 18.8 Å². The van der Waals surface area contributed by atoms with Gasteiger partial charge in [-0.05, 0) is 53.5 Å². The molecule has 1 saturated heterocycles. The van der Waals surface area contributed by atoms with E-state index in [0.29, 0.717) is 6.54 Å². The average Bonchev–Trinajstić information content (AvgIpc) is 2.80. The molecule has 2 N–H and O–H groups in total. The van der Waals surface area contributed by atoms with Crippen molar-refractivity contribution in [3.8, 4) is 0 Å². The van der Waals surface area contributed by atoms with Gasteiger partial charge in [-0.1, -0.05) is 15.9 Å². The zero-order valence-electron chi connectivity index (χ0n) is 10.4. The highest BCUT2D eigenvalue weighted by Crippen LogP contribution is 2.26. The molecule has 1 heterocycles. The molecule has 0 aliphatic carbocycles. The van der Waals surface area contributed by atoms with Crippen LogP contribution >= 0.6 is 31.9 Å². The monoisotopic (exact) mass is 390 g/mol. The molecule has 1 aromatic carbocycles. The van der Waals surface area contributed by atoms with E-state index in [2.05, 4.69) is 37.2 Å². The summed E-state index contributed by atoms with van der Waals surface area (Å²) in [5, 5.41) is 12.1. The van der Waals surface area contributed by atoms with Crippen LogP contribution in [0.25, 0.3) is 0 Å². The molecular formula is C13H16Br2N2O2. The van der Waals surface area contributed by atoms with Gasteiger partial charge in [-0.2, -0.15) is 0 Å². The predicted molar refractivity (Wildman–Crippen MR) is 82.2 cm³/mol. The van der Waals surface area contributed by atoms with Gasteiger partial charge in [-0.3, -0.25) is 9.69 Å². The third-order valence-electron chi connectivity index (χ3n) is 3.26. The zero-order valence-corrected chi connectivity index (χ0v) is 13.6. The molecule has 0 spiro atoms. The van der Waals surface area contributed by atoms with Crippen LogP contribution in [0.5, 0.6) is 0 Å². The molecule has 4 nitrogen and oxygen atoms in total. The number of aliphatic hydroxyl groups is 1. The van der Waals surface area contributed by atoms with Gasteiger partial charge >= 0.3 is 0 Å². The minimum absolute atomic E-state index is 0.0524. The predicted octanol–water partition coefficient (Wildman–Crippen LogP) is 2.61. The highest BCUT2D eigenvalue weighted by atomic mass is 79.9. The lowest BCUT2D eigenvalue weighted by atomic mass is 10.2. The van der Waals surface area contributed by atoms with E-state index >= 15 is 0 Å². The normalized spacial score (nSPS) is 19.6. The Morgan fingerprint density at radius 1 is 1.47 bits per heavy atom. The Bertz CT molecular complexity index is 468. The lowest BCUT2D eigenvalue weighted by molar-refractivity contribution is -0.117. The number of hydrogen-bond donors (Lipinski definition) is 2. The molecular weight excluding hydrogens is 376 g/mol. The van der Waals surface area contributed by atoms with Crippen molar-refractivity contribution in [2.75, 3.05) is 25.0 Å². The highest BCUT2D eigenvalue weighted by Gasteiger charge is 2.25. The molecule has 104 valence electrons. The molecule has 1 atom stereocenters. The number of nitrogens with zero attached hydrogens (tertiary/aromatic N) is 1. The number of halogens is 2. The number of nitrogens with one attached hydrogen (secondary N) is 1. The molecule has 2 rings (SSSR count). The summed E-state index contributed by atoms with van der Waals surface area (Å²) in [4.78, 5) is 14.0. The van der Waals surface area contributed by atoms with E-state index in [-0.39, 0.29) is 18.6 Å². The van der Waals surface area contributed by atoms with E-state index in [1.165, 1.54) is 0 Å². The lowest BCUT2D eigenvalue weighted by Crippen LogP contribution is -2.38. The van der Waals surface area contributed by atoms with E-state index in [0.717, 1.165) is 34.0 Å². The summed E-state index contributed by atoms with van der Waals surface area (Å²) >= 11 is 6.79. The molecule has 1 aromatic rings. The molecule has 0 saturated carbocycles. The van der Waals surface area contributed by atoms with Crippen LogP contribution in [0.2, 0.25) is 0 Å². The van der Waals surface area contributed by atoms with Crippen molar-refractivity contribution in [1.29, 1.82) is 0 Å². The molecule has 19 heavy (non-hydrogen) atoms.